The first-order valence-electron chi connectivity index (χ1n) is 13.0. The highest BCUT2D eigenvalue weighted by atomic mass is 32.2. The molecular weight excluding hydrogens is 500 g/mol. The van der Waals surface area contributed by atoms with Crippen molar-refractivity contribution in [2.45, 2.75) is 24.3 Å². The van der Waals surface area contributed by atoms with E-state index >= 15 is 0 Å². The number of para-hydroxylation sites is 1. The number of carbonyl (C=O) groups is 2. The maximum absolute atomic E-state index is 13.1. The van der Waals surface area contributed by atoms with Gasteiger partial charge in [0.05, 0.1) is 16.1 Å². The molecular formula is C29H32N4O4S. The third-order valence-corrected chi connectivity index (χ3v) is 9.02. The van der Waals surface area contributed by atoms with E-state index in [4.69, 9.17) is 0 Å². The zero-order chi connectivity index (χ0) is 26.5. The topological polar surface area (TPSA) is 90.0 Å². The van der Waals surface area contributed by atoms with Crippen LogP contribution in [0.1, 0.15) is 39.1 Å². The fraction of sp³-hybridized carbons (Fsp3) is 0.310. The van der Waals surface area contributed by atoms with Crippen LogP contribution in [0.3, 0.4) is 0 Å². The van der Waals surface area contributed by atoms with E-state index in [1.165, 1.54) is 4.31 Å². The fourth-order valence-electron chi connectivity index (χ4n) is 5.00. The van der Waals surface area contributed by atoms with Crippen LogP contribution in [0.5, 0.6) is 0 Å². The van der Waals surface area contributed by atoms with Gasteiger partial charge in [-0.15, -0.1) is 0 Å². The average Bonchev–Trinajstić information content (AvgIpc) is 3.49. The monoisotopic (exact) mass is 532 g/mol. The van der Waals surface area contributed by atoms with E-state index in [1.54, 1.807) is 48.5 Å². The van der Waals surface area contributed by atoms with E-state index in [0.29, 0.717) is 54.4 Å². The molecule has 3 aromatic rings. The molecule has 0 unspecified atom stereocenters. The molecule has 198 valence electrons. The number of carbonyl (C=O) groups excluding carboxylic acids is 2. The minimum Gasteiger partial charge on any atom is -0.339 e. The Bertz CT molecular complexity index is 1400. The van der Waals surface area contributed by atoms with Crippen LogP contribution < -0.4 is 5.32 Å². The molecule has 8 nitrogen and oxygen atoms in total. The zero-order valence-corrected chi connectivity index (χ0v) is 22.1. The second kappa shape index (κ2) is 11.5. The van der Waals surface area contributed by atoms with E-state index in [0.717, 1.165) is 31.5 Å². The molecule has 38 heavy (non-hydrogen) atoms. The summed E-state index contributed by atoms with van der Waals surface area (Å²) in [6.07, 6.45) is 2.01. The van der Waals surface area contributed by atoms with Crippen molar-refractivity contribution in [1.82, 2.24) is 14.1 Å². The van der Waals surface area contributed by atoms with Gasteiger partial charge in [0.25, 0.3) is 11.8 Å². The molecule has 2 aliphatic rings. The summed E-state index contributed by atoms with van der Waals surface area (Å²) in [5.41, 5.74) is 2.49. The van der Waals surface area contributed by atoms with Gasteiger partial charge < -0.3 is 10.2 Å². The Hall–Kier alpha value is -3.53. The Morgan fingerprint density at radius 2 is 1.45 bits per heavy atom. The lowest BCUT2D eigenvalue weighted by atomic mass is 10.1. The van der Waals surface area contributed by atoms with E-state index in [9.17, 15) is 18.0 Å². The molecule has 0 aliphatic carbocycles. The summed E-state index contributed by atoms with van der Waals surface area (Å²) in [5.74, 6) is -0.326. The minimum atomic E-state index is -3.49. The van der Waals surface area contributed by atoms with Crippen LogP contribution in [0.25, 0.3) is 0 Å². The molecule has 0 bridgehead atoms. The normalized spacial score (nSPS) is 16.9. The molecule has 2 aliphatic heterocycles. The summed E-state index contributed by atoms with van der Waals surface area (Å²) in [5, 5.41) is 2.93. The van der Waals surface area contributed by atoms with Crippen LogP contribution in [0.2, 0.25) is 0 Å². The van der Waals surface area contributed by atoms with E-state index in [-0.39, 0.29) is 11.8 Å². The number of benzene rings is 3. The number of nitrogens with zero attached hydrogens (tertiary/aromatic N) is 3. The summed E-state index contributed by atoms with van der Waals surface area (Å²) in [7, 11) is -3.49. The highest BCUT2D eigenvalue weighted by Crippen LogP contribution is 2.22. The lowest BCUT2D eigenvalue weighted by Crippen LogP contribution is -2.48. The van der Waals surface area contributed by atoms with Gasteiger partial charge in [0.2, 0.25) is 10.0 Å². The fourth-order valence-corrected chi connectivity index (χ4v) is 6.45. The molecule has 1 N–H and O–H groups in total. The van der Waals surface area contributed by atoms with Gasteiger partial charge in [-0.1, -0.05) is 42.5 Å². The smallest absolute Gasteiger partial charge is 0.255 e. The van der Waals surface area contributed by atoms with Crippen molar-refractivity contribution < 1.29 is 18.0 Å². The van der Waals surface area contributed by atoms with Gasteiger partial charge in [0.15, 0.2) is 0 Å². The Labute approximate surface area is 223 Å². The number of anilines is 1. The van der Waals surface area contributed by atoms with Crippen LogP contribution in [0, 0.1) is 0 Å². The van der Waals surface area contributed by atoms with Gasteiger partial charge >= 0.3 is 0 Å². The van der Waals surface area contributed by atoms with Crippen LogP contribution >= 0.6 is 0 Å². The minimum absolute atomic E-state index is 0.0550. The Morgan fingerprint density at radius 1 is 0.763 bits per heavy atom. The Morgan fingerprint density at radius 3 is 2.18 bits per heavy atom. The maximum Gasteiger partial charge on any atom is 0.255 e. The second-order valence-corrected chi connectivity index (χ2v) is 11.6. The van der Waals surface area contributed by atoms with Gasteiger partial charge in [-0.25, -0.2) is 8.42 Å². The third-order valence-electron chi connectivity index (χ3n) is 7.11. The van der Waals surface area contributed by atoms with Gasteiger partial charge in [-0.05, 0) is 54.8 Å². The highest BCUT2D eigenvalue weighted by Gasteiger charge is 2.28. The van der Waals surface area contributed by atoms with E-state index in [1.807, 2.05) is 35.2 Å². The number of sulfonamides is 1. The summed E-state index contributed by atoms with van der Waals surface area (Å²) < 4.78 is 27.3. The Balaban J connectivity index is 1.21. The highest BCUT2D eigenvalue weighted by molar-refractivity contribution is 7.89. The van der Waals surface area contributed by atoms with Crippen LogP contribution in [-0.4, -0.2) is 73.6 Å². The summed E-state index contributed by atoms with van der Waals surface area (Å²) in [6.45, 7) is 4.15. The number of nitrogens with one attached hydrogen (secondary N) is 1. The lowest BCUT2D eigenvalue weighted by Gasteiger charge is -2.34. The van der Waals surface area contributed by atoms with Crippen molar-refractivity contribution in [2.75, 3.05) is 44.6 Å². The number of hydrogen-bond acceptors (Lipinski definition) is 5. The summed E-state index contributed by atoms with van der Waals surface area (Å²) in [4.78, 5) is 30.4. The van der Waals surface area contributed by atoms with Crippen LogP contribution in [-0.2, 0) is 16.6 Å². The average molecular weight is 533 g/mol. The molecule has 2 heterocycles. The molecule has 0 radical (unpaired) electrons. The number of rotatable bonds is 7. The van der Waals surface area contributed by atoms with Crippen molar-refractivity contribution >= 4 is 27.5 Å². The zero-order valence-electron chi connectivity index (χ0n) is 21.3. The molecule has 2 saturated heterocycles. The molecule has 2 amide bonds. The molecule has 2 fully saturated rings. The van der Waals surface area contributed by atoms with Gasteiger partial charge in [-0.3, -0.25) is 14.5 Å². The van der Waals surface area contributed by atoms with E-state index < -0.39 is 10.0 Å². The predicted molar refractivity (Wildman–Crippen MR) is 146 cm³/mol. The largest absolute Gasteiger partial charge is 0.339 e. The lowest BCUT2D eigenvalue weighted by molar-refractivity contribution is 0.0794. The number of hydrogen-bond donors (Lipinski definition) is 1. The third kappa shape index (κ3) is 5.80. The first-order valence-corrected chi connectivity index (χ1v) is 14.4. The summed E-state index contributed by atoms with van der Waals surface area (Å²) in [6, 6.07) is 23.1. The predicted octanol–water partition coefficient (Wildman–Crippen LogP) is 3.68. The van der Waals surface area contributed by atoms with Crippen LogP contribution in [0.15, 0.2) is 83.8 Å². The molecule has 5 rings (SSSR count). The van der Waals surface area contributed by atoms with Gasteiger partial charge in [0.1, 0.15) is 0 Å². The number of piperazine rings is 1. The first-order chi connectivity index (χ1) is 18.4. The van der Waals surface area contributed by atoms with Crippen molar-refractivity contribution in [3.05, 3.63) is 95.6 Å². The van der Waals surface area contributed by atoms with Gasteiger partial charge in [0, 0.05) is 51.4 Å². The van der Waals surface area contributed by atoms with Crippen molar-refractivity contribution in [1.29, 1.82) is 0 Å². The Kier molecular flexibility index (Phi) is 7.87. The van der Waals surface area contributed by atoms with Gasteiger partial charge in [-0.2, -0.15) is 4.31 Å². The molecule has 0 saturated carbocycles. The van der Waals surface area contributed by atoms with Crippen molar-refractivity contribution in [3.8, 4) is 0 Å². The quantitative estimate of drug-likeness (QED) is 0.502. The molecule has 0 aromatic heterocycles. The first kappa shape index (κ1) is 26.1. The number of amides is 2. The van der Waals surface area contributed by atoms with Crippen LogP contribution in [0.4, 0.5) is 5.69 Å². The molecule has 0 atom stereocenters. The maximum atomic E-state index is 13.1. The van der Waals surface area contributed by atoms with E-state index in [2.05, 4.69) is 10.2 Å². The molecule has 9 heteroatoms. The number of likely N-dealkylation sites (tertiary alicyclic amines) is 1. The standard InChI is InChI=1S/C29H32N4O4S/c34-28(30-27-14-5-4-13-26(27)29(35)32-15-6-7-16-32)24-10-8-9-23(21-24)22-31-17-19-33(20-18-31)38(36,37)25-11-2-1-3-12-25/h1-5,8-14,21H,6-7,15-20,22H2,(H,30,34). The summed E-state index contributed by atoms with van der Waals surface area (Å²) >= 11 is 0. The second-order valence-electron chi connectivity index (χ2n) is 9.69. The SMILES string of the molecule is O=C(Nc1ccccc1C(=O)N1CCCC1)c1cccc(CN2CCN(S(=O)(=O)c3ccccc3)CC2)c1. The van der Waals surface area contributed by atoms with Crippen molar-refractivity contribution in [3.63, 3.8) is 0 Å². The molecule has 0 spiro atoms. The molecule has 3 aromatic carbocycles. The van der Waals surface area contributed by atoms with Crippen molar-refractivity contribution in [2.24, 2.45) is 0 Å².